The highest BCUT2D eigenvalue weighted by atomic mass is 19.1. The maximum absolute atomic E-state index is 14.6. The second-order valence-electron chi connectivity index (χ2n) is 12.1. The highest BCUT2D eigenvalue weighted by Gasteiger charge is 2.29. The van der Waals surface area contributed by atoms with Crippen molar-refractivity contribution in [2.24, 2.45) is 5.73 Å². The summed E-state index contributed by atoms with van der Waals surface area (Å²) in [5.41, 5.74) is 12.3. The summed E-state index contributed by atoms with van der Waals surface area (Å²) in [6.07, 6.45) is 4.81. The first-order chi connectivity index (χ1) is 20.9. The molecule has 1 aromatic heterocycles. The number of anilines is 1. The molecule has 0 spiro atoms. The van der Waals surface area contributed by atoms with Gasteiger partial charge in [0.2, 0.25) is 5.91 Å². The van der Waals surface area contributed by atoms with E-state index >= 15 is 0 Å². The van der Waals surface area contributed by atoms with Gasteiger partial charge in [0.1, 0.15) is 23.7 Å². The number of halogens is 1. The molecule has 226 valence electrons. The fraction of sp³-hybridized carbons (Fsp3) is 0.429. The quantitative estimate of drug-likeness (QED) is 0.256. The normalized spacial score (nSPS) is 17.5. The van der Waals surface area contributed by atoms with E-state index in [-0.39, 0.29) is 23.7 Å². The number of carbonyl (C=O) groups excluding carboxylic acids is 1. The average Bonchev–Trinajstić information content (AvgIpc) is 3.40. The van der Waals surface area contributed by atoms with Crippen LogP contribution >= 0.6 is 0 Å². The minimum Gasteiger partial charge on any atom is -0.490 e. The van der Waals surface area contributed by atoms with Crippen molar-refractivity contribution < 1.29 is 13.9 Å². The maximum atomic E-state index is 14.6. The SMILES string of the molecule is CCCCn1c([C@@H]2CCCN(C(=O)C[C@H](N)Cc3ccc(-c4ccc5c(c4)OCCN5C)cc3)C2)nc2c(F)cccc21. The number of hydrogen-bond acceptors (Lipinski definition) is 5. The Kier molecular flexibility index (Phi) is 8.66. The van der Waals surface area contributed by atoms with E-state index in [1.165, 1.54) is 6.07 Å². The summed E-state index contributed by atoms with van der Waals surface area (Å²) in [5, 5.41) is 0. The van der Waals surface area contributed by atoms with Gasteiger partial charge in [0.05, 0.1) is 17.7 Å². The number of benzene rings is 3. The molecular weight excluding hydrogens is 541 g/mol. The fourth-order valence-electron chi connectivity index (χ4n) is 6.51. The zero-order chi connectivity index (χ0) is 29.9. The smallest absolute Gasteiger partial charge is 0.224 e. The Morgan fingerprint density at radius 3 is 2.74 bits per heavy atom. The van der Waals surface area contributed by atoms with Gasteiger partial charge < -0.3 is 24.8 Å². The minimum absolute atomic E-state index is 0.0789. The third kappa shape index (κ3) is 6.25. The Bertz CT molecular complexity index is 1580. The molecule has 0 aliphatic carbocycles. The largest absolute Gasteiger partial charge is 0.490 e. The van der Waals surface area contributed by atoms with Crippen LogP contribution in [0.15, 0.2) is 60.7 Å². The van der Waals surface area contributed by atoms with Gasteiger partial charge in [-0.15, -0.1) is 0 Å². The first-order valence-electron chi connectivity index (χ1n) is 15.7. The van der Waals surface area contributed by atoms with Gasteiger partial charge in [-0.05, 0) is 66.6 Å². The monoisotopic (exact) mass is 583 g/mol. The number of likely N-dealkylation sites (tertiary alicyclic amines) is 1. The second kappa shape index (κ2) is 12.8. The number of nitrogens with two attached hydrogens (primary N) is 1. The van der Waals surface area contributed by atoms with E-state index in [0.29, 0.717) is 31.5 Å². The fourth-order valence-corrected chi connectivity index (χ4v) is 6.51. The van der Waals surface area contributed by atoms with Crippen molar-refractivity contribution in [2.45, 2.75) is 64.0 Å². The van der Waals surface area contributed by atoms with Crippen molar-refractivity contribution >= 4 is 22.6 Å². The Morgan fingerprint density at radius 2 is 1.93 bits per heavy atom. The van der Waals surface area contributed by atoms with Crippen LogP contribution in [0.1, 0.15) is 56.3 Å². The zero-order valence-electron chi connectivity index (χ0n) is 25.3. The lowest BCUT2D eigenvalue weighted by atomic mass is 9.95. The Hall–Kier alpha value is -3.91. The third-order valence-electron chi connectivity index (χ3n) is 8.91. The number of piperidine rings is 1. The Balaban J connectivity index is 1.08. The Morgan fingerprint density at radius 1 is 1.12 bits per heavy atom. The van der Waals surface area contributed by atoms with Crippen molar-refractivity contribution in [3.05, 3.63) is 77.9 Å². The molecule has 4 aromatic rings. The number of nitrogens with zero attached hydrogens (tertiary/aromatic N) is 4. The standard InChI is InChI=1S/C35H42FN5O2/c1-3-4-17-41-31-9-5-8-29(36)34(31)38-35(41)27-7-6-16-40(23-27)33(42)22-28(37)20-24-10-12-25(13-11-24)26-14-15-30-32(21-26)43-19-18-39(30)2/h5,8-15,21,27-28H,3-4,6-7,16-20,22-23,37H2,1-2H3/t27-,28-/m1/s1. The van der Waals surface area contributed by atoms with E-state index < -0.39 is 0 Å². The lowest BCUT2D eigenvalue weighted by molar-refractivity contribution is -0.132. The molecule has 1 amide bonds. The highest BCUT2D eigenvalue weighted by molar-refractivity contribution is 5.78. The second-order valence-corrected chi connectivity index (χ2v) is 12.1. The van der Waals surface area contributed by atoms with Gasteiger partial charge in [-0.25, -0.2) is 9.37 Å². The number of imidazole rings is 1. The number of aryl methyl sites for hydroxylation is 1. The van der Waals surface area contributed by atoms with Gasteiger partial charge >= 0.3 is 0 Å². The molecule has 0 bridgehead atoms. The van der Waals surface area contributed by atoms with Gasteiger partial charge in [0.15, 0.2) is 5.82 Å². The van der Waals surface area contributed by atoms with E-state index in [9.17, 15) is 9.18 Å². The van der Waals surface area contributed by atoms with Crippen LogP contribution in [0.3, 0.4) is 0 Å². The minimum atomic E-state index is -0.290. The molecule has 0 unspecified atom stereocenters. The van der Waals surface area contributed by atoms with Gasteiger partial charge in [0.25, 0.3) is 0 Å². The number of unbranched alkanes of at least 4 members (excludes halogenated alkanes) is 1. The molecular formula is C35H42FN5O2. The summed E-state index contributed by atoms with van der Waals surface area (Å²) in [6, 6.07) is 19.7. The van der Waals surface area contributed by atoms with Crippen LogP contribution in [-0.4, -0.2) is 59.7 Å². The van der Waals surface area contributed by atoms with E-state index in [2.05, 4.69) is 65.9 Å². The van der Waals surface area contributed by atoms with Gasteiger partial charge in [-0.3, -0.25) is 4.79 Å². The first-order valence-corrected chi connectivity index (χ1v) is 15.7. The Labute approximate surface area is 253 Å². The number of amides is 1. The average molecular weight is 584 g/mol. The molecule has 2 aliphatic heterocycles. The predicted molar refractivity (Wildman–Crippen MR) is 170 cm³/mol. The van der Waals surface area contributed by atoms with Crippen LogP contribution < -0.4 is 15.4 Å². The maximum Gasteiger partial charge on any atom is 0.224 e. The number of ether oxygens (including phenoxy) is 1. The van der Waals surface area contributed by atoms with Crippen molar-refractivity contribution in [3.63, 3.8) is 0 Å². The molecule has 6 rings (SSSR count). The van der Waals surface area contributed by atoms with Crippen LogP contribution in [0, 0.1) is 5.82 Å². The lowest BCUT2D eigenvalue weighted by Crippen LogP contribution is -2.42. The molecule has 2 aliphatic rings. The lowest BCUT2D eigenvalue weighted by Gasteiger charge is -2.33. The number of likely N-dealkylation sites (N-methyl/N-ethyl adjacent to an activating group) is 1. The third-order valence-corrected chi connectivity index (χ3v) is 8.91. The number of carbonyl (C=O) groups is 1. The summed E-state index contributed by atoms with van der Waals surface area (Å²) in [7, 11) is 2.08. The van der Waals surface area contributed by atoms with Gasteiger partial charge in [-0.1, -0.05) is 49.7 Å². The predicted octanol–water partition coefficient (Wildman–Crippen LogP) is 6.14. The molecule has 0 saturated carbocycles. The number of para-hydroxylation sites is 1. The highest BCUT2D eigenvalue weighted by Crippen LogP contribution is 2.35. The van der Waals surface area contributed by atoms with Crippen LogP contribution in [0.5, 0.6) is 5.75 Å². The van der Waals surface area contributed by atoms with E-state index in [4.69, 9.17) is 15.5 Å². The molecule has 1 fully saturated rings. The number of rotatable bonds is 9. The summed E-state index contributed by atoms with van der Waals surface area (Å²) < 4.78 is 22.7. The molecule has 2 N–H and O–H groups in total. The van der Waals surface area contributed by atoms with Crippen molar-refractivity contribution in [3.8, 4) is 16.9 Å². The summed E-state index contributed by atoms with van der Waals surface area (Å²) in [4.78, 5) is 22.3. The van der Waals surface area contributed by atoms with Crippen LogP contribution in [0.2, 0.25) is 0 Å². The molecule has 3 heterocycles. The summed E-state index contributed by atoms with van der Waals surface area (Å²) in [6.45, 7) is 5.86. The molecule has 1 saturated heterocycles. The molecule has 7 nitrogen and oxygen atoms in total. The first kappa shape index (κ1) is 29.2. The summed E-state index contributed by atoms with van der Waals surface area (Å²) >= 11 is 0. The molecule has 0 radical (unpaired) electrons. The number of aromatic nitrogens is 2. The molecule has 3 aromatic carbocycles. The van der Waals surface area contributed by atoms with Gasteiger partial charge in [0, 0.05) is 45.1 Å². The van der Waals surface area contributed by atoms with Crippen LogP contribution in [0.4, 0.5) is 10.1 Å². The van der Waals surface area contributed by atoms with Gasteiger partial charge in [-0.2, -0.15) is 0 Å². The van der Waals surface area contributed by atoms with E-state index in [0.717, 1.165) is 84.8 Å². The topological polar surface area (TPSA) is 76.6 Å². The zero-order valence-corrected chi connectivity index (χ0v) is 25.3. The molecule has 2 atom stereocenters. The van der Waals surface area contributed by atoms with Crippen LogP contribution in [-0.2, 0) is 17.8 Å². The van der Waals surface area contributed by atoms with Crippen molar-refractivity contribution in [1.29, 1.82) is 0 Å². The van der Waals surface area contributed by atoms with Crippen LogP contribution in [0.25, 0.3) is 22.2 Å². The number of hydrogen-bond donors (Lipinski definition) is 1. The number of fused-ring (bicyclic) bond motifs is 2. The molecule has 43 heavy (non-hydrogen) atoms. The summed E-state index contributed by atoms with van der Waals surface area (Å²) in [5.74, 6) is 1.69. The molecule has 8 heteroatoms. The van der Waals surface area contributed by atoms with Crippen molar-refractivity contribution in [1.82, 2.24) is 14.5 Å². The van der Waals surface area contributed by atoms with Crippen molar-refractivity contribution in [2.75, 3.05) is 38.2 Å². The van der Waals surface area contributed by atoms with E-state index in [1.807, 2.05) is 11.0 Å². The van der Waals surface area contributed by atoms with E-state index in [1.54, 1.807) is 6.07 Å².